The number of rotatable bonds is 4. The molecule has 1 aromatic carbocycles. The minimum Gasteiger partial charge on any atom is -0.507 e. The first-order chi connectivity index (χ1) is 7.24. The molecule has 3 nitrogen and oxygen atoms in total. The molecule has 1 aromatic rings. The number of aromatic hydroxyl groups is 1. The standard InChI is InChI=1S/C11H11NO2S/c1-2-7-12-11(14)8-15-10-6-4-3-5-9(10)13/h1,3-6,13H,7-8H2,(H,12,14). The predicted molar refractivity (Wildman–Crippen MR) is 60.7 cm³/mol. The van der Waals surface area contributed by atoms with Crippen LogP contribution < -0.4 is 5.32 Å². The Balaban J connectivity index is 2.41. The zero-order valence-corrected chi connectivity index (χ0v) is 8.88. The quantitative estimate of drug-likeness (QED) is 0.594. The smallest absolute Gasteiger partial charge is 0.231 e. The van der Waals surface area contributed by atoms with E-state index in [2.05, 4.69) is 11.2 Å². The maximum absolute atomic E-state index is 11.2. The zero-order valence-electron chi connectivity index (χ0n) is 8.06. The van der Waals surface area contributed by atoms with Gasteiger partial charge < -0.3 is 10.4 Å². The maximum Gasteiger partial charge on any atom is 0.231 e. The highest BCUT2D eigenvalue weighted by Crippen LogP contribution is 2.27. The van der Waals surface area contributed by atoms with Gasteiger partial charge in [-0.25, -0.2) is 0 Å². The fourth-order valence-electron chi connectivity index (χ4n) is 0.923. The van der Waals surface area contributed by atoms with Crippen molar-refractivity contribution in [3.8, 4) is 18.1 Å². The van der Waals surface area contributed by atoms with E-state index < -0.39 is 0 Å². The van der Waals surface area contributed by atoms with E-state index in [9.17, 15) is 9.90 Å². The number of benzene rings is 1. The molecule has 0 aliphatic carbocycles. The number of thioether (sulfide) groups is 1. The first-order valence-electron chi connectivity index (χ1n) is 4.35. The van der Waals surface area contributed by atoms with Crippen molar-refractivity contribution in [1.29, 1.82) is 0 Å². The SMILES string of the molecule is C#CCNC(=O)CSc1ccccc1O. The van der Waals surface area contributed by atoms with E-state index in [1.54, 1.807) is 24.3 Å². The zero-order chi connectivity index (χ0) is 11.1. The van der Waals surface area contributed by atoms with Crippen LogP contribution in [0.15, 0.2) is 29.2 Å². The van der Waals surface area contributed by atoms with Gasteiger partial charge in [0.1, 0.15) is 5.75 Å². The molecule has 1 rings (SSSR count). The number of amides is 1. The molecule has 4 heteroatoms. The molecule has 0 radical (unpaired) electrons. The number of nitrogens with one attached hydrogen (secondary N) is 1. The van der Waals surface area contributed by atoms with E-state index in [1.807, 2.05) is 0 Å². The summed E-state index contributed by atoms with van der Waals surface area (Å²) >= 11 is 1.27. The summed E-state index contributed by atoms with van der Waals surface area (Å²) < 4.78 is 0. The molecule has 0 aliphatic heterocycles. The second kappa shape index (κ2) is 5.99. The van der Waals surface area contributed by atoms with Crippen LogP contribution in [0.1, 0.15) is 0 Å². The third kappa shape index (κ3) is 3.96. The average molecular weight is 221 g/mol. The summed E-state index contributed by atoms with van der Waals surface area (Å²) in [6.45, 7) is 0.236. The lowest BCUT2D eigenvalue weighted by Gasteiger charge is -2.03. The number of carbonyl (C=O) groups excluding carboxylic acids is 1. The van der Waals surface area contributed by atoms with Crippen molar-refractivity contribution in [1.82, 2.24) is 5.32 Å². The Labute approximate surface area is 92.9 Å². The molecule has 0 saturated carbocycles. The summed E-state index contributed by atoms with van der Waals surface area (Å²) in [5.41, 5.74) is 0. The number of carbonyl (C=O) groups is 1. The molecule has 0 unspecified atom stereocenters. The molecule has 0 saturated heterocycles. The molecule has 0 spiro atoms. The van der Waals surface area contributed by atoms with E-state index in [4.69, 9.17) is 6.42 Å². The van der Waals surface area contributed by atoms with Crippen molar-refractivity contribution < 1.29 is 9.90 Å². The molecule has 0 aliphatic rings. The second-order valence-electron chi connectivity index (χ2n) is 2.74. The number of phenolic OH excluding ortho intramolecular Hbond substituents is 1. The van der Waals surface area contributed by atoms with Crippen molar-refractivity contribution in [2.45, 2.75) is 4.90 Å². The Hall–Kier alpha value is -1.60. The van der Waals surface area contributed by atoms with Crippen LogP contribution in [0.5, 0.6) is 5.75 Å². The highest BCUT2D eigenvalue weighted by atomic mass is 32.2. The van der Waals surface area contributed by atoms with Gasteiger partial charge in [0.2, 0.25) is 5.91 Å². The van der Waals surface area contributed by atoms with E-state index in [0.29, 0.717) is 4.90 Å². The van der Waals surface area contributed by atoms with Gasteiger partial charge in [-0.3, -0.25) is 4.79 Å². The summed E-state index contributed by atoms with van der Waals surface area (Å²) in [4.78, 5) is 11.9. The Morgan fingerprint density at radius 3 is 2.93 bits per heavy atom. The van der Waals surface area contributed by atoms with Crippen molar-refractivity contribution in [3.63, 3.8) is 0 Å². The minimum absolute atomic E-state index is 0.138. The van der Waals surface area contributed by atoms with Gasteiger partial charge in [0, 0.05) is 4.90 Å². The van der Waals surface area contributed by atoms with Gasteiger partial charge >= 0.3 is 0 Å². The molecule has 1 amide bonds. The highest BCUT2D eigenvalue weighted by Gasteiger charge is 2.04. The molecule has 0 fully saturated rings. The Bertz CT molecular complexity index is 384. The number of phenols is 1. The summed E-state index contributed by atoms with van der Waals surface area (Å²) in [5, 5.41) is 12.0. The maximum atomic E-state index is 11.2. The van der Waals surface area contributed by atoms with Crippen LogP contribution in [-0.2, 0) is 4.79 Å². The fourth-order valence-corrected chi connectivity index (χ4v) is 1.70. The van der Waals surface area contributed by atoms with Gasteiger partial charge in [-0.05, 0) is 12.1 Å². The van der Waals surface area contributed by atoms with E-state index in [-0.39, 0.29) is 24.0 Å². The predicted octanol–water partition coefficient (Wildman–Crippen LogP) is 1.23. The molecule has 0 atom stereocenters. The normalized spacial score (nSPS) is 9.27. The highest BCUT2D eigenvalue weighted by molar-refractivity contribution is 8.00. The number of terminal acetylenes is 1. The Kier molecular flexibility index (Phi) is 4.58. The van der Waals surface area contributed by atoms with E-state index >= 15 is 0 Å². The minimum atomic E-state index is -0.138. The van der Waals surface area contributed by atoms with Gasteiger partial charge in [-0.15, -0.1) is 18.2 Å². The first kappa shape index (κ1) is 11.5. The molecule has 2 N–H and O–H groups in total. The molecular formula is C11H11NO2S. The van der Waals surface area contributed by atoms with Gasteiger partial charge in [-0.2, -0.15) is 0 Å². The summed E-state index contributed by atoms with van der Waals surface area (Å²) in [7, 11) is 0. The van der Waals surface area contributed by atoms with Crippen molar-refractivity contribution in [2.75, 3.05) is 12.3 Å². The van der Waals surface area contributed by atoms with Crippen LogP contribution in [0.4, 0.5) is 0 Å². The molecular weight excluding hydrogens is 210 g/mol. The third-order valence-corrected chi connectivity index (χ3v) is 2.67. The van der Waals surface area contributed by atoms with Crippen LogP contribution in [0.25, 0.3) is 0 Å². The third-order valence-electron chi connectivity index (χ3n) is 1.61. The summed E-state index contributed by atoms with van der Waals surface area (Å²) in [6.07, 6.45) is 5.00. The largest absolute Gasteiger partial charge is 0.507 e. The molecule has 0 heterocycles. The van der Waals surface area contributed by atoms with Gasteiger partial charge in [0.05, 0.1) is 12.3 Å². The Morgan fingerprint density at radius 1 is 1.53 bits per heavy atom. The van der Waals surface area contributed by atoms with Crippen LogP contribution in [0, 0.1) is 12.3 Å². The lowest BCUT2D eigenvalue weighted by molar-refractivity contribution is -0.118. The average Bonchev–Trinajstić information content (AvgIpc) is 2.25. The molecule has 78 valence electrons. The fraction of sp³-hybridized carbons (Fsp3) is 0.182. The molecule has 0 aromatic heterocycles. The lowest BCUT2D eigenvalue weighted by Crippen LogP contribution is -2.25. The van der Waals surface area contributed by atoms with Crippen molar-refractivity contribution in [3.05, 3.63) is 24.3 Å². The van der Waals surface area contributed by atoms with Gasteiger partial charge in [0.15, 0.2) is 0 Å². The first-order valence-corrected chi connectivity index (χ1v) is 5.33. The molecule has 15 heavy (non-hydrogen) atoms. The summed E-state index contributed by atoms with van der Waals surface area (Å²) in [6, 6.07) is 6.88. The van der Waals surface area contributed by atoms with Crippen LogP contribution in [-0.4, -0.2) is 23.3 Å². The monoisotopic (exact) mass is 221 g/mol. The summed E-state index contributed by atoms with van der Waals surface area (Å²) in [5.74, 6) is 2.62. The number of hydrogen-bond acceptors (Lipinski definition) is 3. The molecule has 0 bridgehead atoms. The topological polar surface area (TPSA) is 49.3 Å². The van der Waals surface area contributed by atoms with Crippen molar-refractivity contribution in [2.24, 2.45) is 0 Å². The van der Waals surface area contributed by atoms with E-state index in [1.165, 1.54) is 11.8 Å². The van der Waals surface area contributed by atoms with Crippen LogP contribution >= 0.6 is 11.8 Å². The Morgan fingerprint density at radius 2 is 2.27 bits per heavy atom. The lowest BCUT2D eigenvalue weighted by atomic mass is 10.3. The number of hydrogen-bond donors (Lipinski definition) is 2. The van der Waals surface area contributed by atoms with Gasteiger partial charge in [-0.1, -0.05) is 18.1 Å². The second-order valence-corrected chi connectivity index (χ2v) is 3.75. The van der Waals surface area contributed by atoms with E-state index in [0.717, 1.165) is 0 Å². The van der Waals surface area contributed by atoms with Crippen LogP contribution in [0.2, 0.25) is 0 Å². The van der Waals surface area contributed by atoms with Crippen LogP contribution in [0.3, 0.4) is 0 Å². The van der Waals surface area contributed by atoms with Crippen molar-refractivity contribution >= 4 is 17.7 Å². The number of para-hydroxylation sites is 1. The van der Waals surface area contributed by atoms with Gasteiger partial charge in [0.25, 0.3) is 0 Å².